The topological polar surface area (TPSA) is 52.0 Å². The Balaban J connectivity index is 2.88. The van der Waals surface area contributed by atoms with Crippen molar-refractivity contribution < 1.29 is 4.42 Å². The first-order chi connectivity index (χ1) is 5.66. The van der Waals surface area contributed by atoms with Crippen molar-refractivity contribution in [1.29, 1.82) is 0 Å². The number of hydrogen-bond acceptors (Lipinski definition) is 3. The number of nitrogens with zero attached hydrogens (tertiary/aromatic N) is 1. The molecule has 0 fully saturated rings. The number of benzene rings is 1. The summed E-state index contributed by atoms with van der Waals surface area (Å²) in [6, 6.07) is 3.56. The van der Waals surface area contributed by atoms with Crippen LogP contribution in [0, 0.1) is 0 Å². The average molecular weight is 247 g/mol. The molecule has 12 heavy (non-hydrogen) atoms. The standard InChI is InChI=1S/C7H4BrClN2O/c8-4-1-3(9)2-5-6(4)11-7(10)12-5/h1-2H,(H2,10,11). The van der Waals surface area contributed by atoms with E-state index in [1.807, 2.05) is 0 Å². The highest BCUT2D eigenvalue weighted by Crippen LogP contribution is 2.28. The van der Waals surface area contributed by atoms with Gasteiger partial charge in [-0.05, 0) is 22.0 Å². The molecule has 0 aliphatic rings. The fraction of sp³-hybridized carbons (Fsp3) is 0. The van der Waals surface area contributed by atoms with E-state index < -0.39 is 0 Å². The molecule has 0 saturated carbocycles. The average Bonchev–Trinajstić information content (AvgIpc) is 2.29. The van der Waals surface area contributed by atoms with Gasteiger partial charge in [-0.3, -0.25) is 0 Å². The predicted molar refractivity (Wildman–Crippen MR) is 51.1 cm³/mol. The summed E-state index contributed by atoms with van der Waals surface area (Å²) in [5.41, 5.74) is 6.65. The van der Waals surface area contributed by atoms with Gasteiger partial charge in [0.1, 0.15) is 5.52 Å². The van der Waals surface area contributed by atoms with Crippen LogP contribution in [0.1, 0.15) is 0 Å². The van der Waals surface area contributed by atoms with E-state index in [4.69, 9.17) is 21.8 Å². The molecule has 1 aromatic heterocycles. The fourth-order valence-electron chi connectivity index (χ4n) is 0.974. The smallest absolute Gasteiger partial charge is 0.293 e. The largest absolute Gasteiger partial charge is 0.424 e. The van der Waals surface area contributed by atoms with Gasteiger partial charge in [0, 0.05) is 15.6 Å². The first-order valence-electron chi connectivity index (χ1n) is 3.18. The molecule has 0 aliphatic carbocycles. The van der Waals surface area contributed by atoms with E-state index in [2.05, 4.69) is 20.9 Å². The molecule has 2 N–H and O–H groups in total. The molecule has 0 spiro atoms. The Morgan fingerprint density at radius 3 is 3.00 bits per heavy atom. The van der Waals surface area contributed by atoms with E-state index in [-0.39, 0.29) is 6.01 Å². The highest BCUT2D eigenvalue weighted by molar-refractivity contribution is 9.10. The van der Waals surface area contributed by atoms with Gasteiger partial charge < -0.3 is 10.2 Å². The number of aromatic nitrogens is 1. The Morgan fingerprint density at radius 1 is 1.50 bits per heavy atom. The molecular formula is C7H4BrClN2O. The summed E-state index contributed by atoms with van der Waals surface area (Å²) in [5.74, 6) is 0. The summed E-state index contributed by atoms with van der Waals surface area (Å²) in [4.78, 5) is 3.96. The van der Waals surface area contributed by atoms with Gasteiger partial charge in [-0.25, -0.2) is 0 Å². The molecule has 0 radical (unpaired) electrons. The first kappa shape index (κ1) is 7.89. The van der Waals surface area contributed by atoms with Crippen molar-refractivity contribution in [2.24, 2.45) is 0 Å². The molecule has 2 aromatic rings. The molecule has 1 aromatic carbocycles. The SMILES string of the molecule is Nc1nc2c(Br)cc(Cl)cc2o1. The van der Waals surface area contributed by atoms with Crippen molar-refractivity contribution in [2.45, 2.75) is 0 Å². The number of rotatable bonds is 0. The monoisotopic (exact) mass is 246 g/mol. The minimum Gasteiger partial charge on any atom is -0.424 e. The van der Waals surface area contributed by atoms with Crippen molar-refractivity contribution in [1.82, 2.24) is 4.98 Å². The summed E-state index contributed by atoms with van der Waals surface area (Å²) < 4.78 is 5.86. The lowest BCUT2D eigenvalue weighted by Crippen LogP contribution is -1.80. The highest BCUT2D eigenvalue weighted by Gasteiger charge is 2.07. The zero-order valence-electron chi connectivity index (χ0n) is 5.84. The van der Waals surface area contributed by atoms with Gasteiger partial charge in [0.2, 0.25) is 0 Å². The van der Waals surface area contributed by atoms with Crippen LogP contribution in [0.3, 0.4) is 0 Å². The minimum atomic E-state index is 0.146. The van der Waals surface area contributed by atoms with Crippen LogP contribution in [0.5, 0.6) is 0 Å². The van der Waals surface area contributed by atoms with Gasteiger partial charge in [0.15, 0.2) is 5.58 Å². The molecule has 62 valence electrons. The first-order valence-corrected chi connectivity index (χ1v) is 4.35. The van der Waals surface area contributed by atoms with E-state index in [0.29, 0.717) is 16.1 Å². The van der Waals surface area contributed by atoms with Gasteiger partial charge in [0.05, 0.1) is 0 Å². The zero-order valence-corrected chi connectivity index (χ0v) is 8.19. The second kappa shape index (κ2) is 2.64. The normalized spacial score (nSPS) is 10.8. The lowest BCUT2D eigenvalue weighted by atomic mass is 10.3. The maximum absolute atomic E-state index is 5.77. The van der Waals surface area contributed by atoms with Crippen molar-refractivity contribution in [3.63, 3.8) is 0 Å². The maximum Gasteiger partial charge on any atom is 0.293 e. The maximum atomic E-state index is 5.77. The number of fused-ring (bicyclic) bond motifs is 1. The van der Waals surface area contributed by atoms with Crippen molar-refractivity contribution >= 4 is 44.6 Å². The van der Waals surface area contributed by atoms with Crippen LogP contribution in [0.25, 0.3) is 11.1 Å². The second-order valence-corrected chi connectivity index (χ2v) is 3.58. The number of nitrogens with two attached hydrogens (primary N) is 1. The van der Waals surface area contributed by atoms with Crippen LogP contribution in [0.15, 0.2) is 21.0 Å². The van der Waals surface area contributed by atoms with Crippen LogP contribution < -0.4 is 5.73 Å². The number of hydrogen-bond donors (Lipinski definition) is 1. The zero-order chi connectivity index (χ0) is 8.72. The summed E-state index contributed by atoms with van der Waals surface area (Å²) in [5, 5.41) is 0.588. The van der Waals surface area contributed by atoms with Gasteiger partial charge in [-0.15, -0.1) is 0 Å². The van der Waals surface area contributed by atoms with E-state index in [0.717, 1.165) is 4.47 Å². The second-order valence-electron chi connectivity index (χ2n) is 2.29. The fourth-order valence-corrected chi connectivity index (χ4v) is 1.85. The molecule has 0 amide bonds. The van der Waals surface area contributed by atoms with Crippen molar-refractivity contribution in [3.8, 4) is 0 Å². The Hall–Kier alpha value is -0.740. The van der Waals surface area contributed by atoms with E-state index >= 15 is 0 Å². The summed E-state index contributed by atoms with van der Waals surface area (Å²) >= 11 is 9.07. The Labute approximate surface area is 81.6 Å². The Bertz CT molecular complexity index is 440. The van der Waals surface area contributed by atoms with Crippen molar-refractivity contribution in [2.75, 3.05) is 5.73 Å². The van der Waals surface area contributed by atoms with Crippen LogP contribution in [-0.2, 0) is 0 Å². The third-order valence-electron chi connectivity index (χ3n) is 1.43. The number of nitrogen functional groups attached to an aromatic ring is 1. The molecule has 0 aliphatic heterocycles. The number of oxazole rings is 1. The predicted octanol–water partition coefficient (Wildman–Crippen LogP) is 2.83. The molecule has 0 unspecified atom stereocenters. The molecule has 0 atom stereocenters. The quantitative estimate of drug-likeness (QED) is 0.779. The third kappa shape index (κ3) is 1.17. The van der Waals surface area contributed by atoms with Gasteiger partial charge in [-0.2, -0.15) is 4.98 Å². The summed E-state index contributed by atoms with van der Waals surface area (Å²) in [6.07, 6.45) is 0. The van der Waals surface area contributed by atoms with E-state index in [1.165, 1.54) is 0 Å². The molecule has 1 heterocycles. The van der Waals surface area contributed by atoms with Crippen molar-refractivity contribution in [3.05, 3.63) is 21.6 Å². The minimum absolute atomic E-state index is 0.146. The van der Waals surface area contributed by atoms with E-state index in [9.17, 15) is 0 Å². The highest BCUT2D eigenvalue weighted by atomic mass is 79.9. The molecule has 2 rings (SSSR count). The van der Waals surface area contributed by atoms with Crippen LogP contribution in [0.2, 0.25) is 5.02 Å². The lowest BCUT2D eigenvalue weighted by Gasteiger charge is -1.91. The van der Waals surface area contributed by atoms with E-state index in [1.54, 1.807) is 12.1 Å². The molecule has 5 heteroatoms. The van der Waals surface area contributed by atoms with Gasteiger partial charge in [-0.1, -0.05) is 11.6 Å². The van der Waals surface area contributed by atoms with Gasteiger partial charge >= 0.3 is 0 Å². The Morgan fingerprint density at radius 2 is 2.25 bits per heavy atom. The third-order valence-corrected chi connectivity index (χ3v) is 2.25. The van der Waals surface area contributed by atoms with Crippen LogP contribution >= 0.6 is 27.5 Å². The molecule has 0 saturated heterocycles. The molecule has 0 bridgehead atoms. The number of anilines is 1. The molecule has 3 nitrogen and oxygen atoms in total. The van der Waals surface area contributed by atoms with Crippen LogP contribution in [0.4, 0.5) is 6.01 Å². The Kier molecular flexibility index (Phi) is 1.73. The molecular weight excluding hydrogens is 243 g/mol. The summed E-state index contributed by atoms with van der Waals surface area (Å²) in [6.45, 7) is 0. The van der Waals surface area contributed by atoms with Gasteiger partial charge in [0.25, 0.3) is 6.01 Å². The lowest BCUT2D eigenvalue weighted by molar-refractivity contribution is 0.626. The number of halogens is 2. The van der Waals surface area contributed by atoms with Crippen LogP contribution in [-0.4, -0.2) is 4.98 Å². The summed E-state index contributed by atoms with van der Waals surface area (Å²) in [7, 11) is 0.